The molecule has 0 aliphatic rings. The van der Waals surface area contributed by atoms with Crippen molar-refractivity contribution in [2.75, 3.05) is 0 Å². The monoisotopic (exact) mass is 411 g/mol. The maximum atomic E-state index is 12.9. The van der Waals surface area contributed by atoms with Crippen molar-refractivity contribution >= 4 is 29.2 Å². The standard InChI is InChI=1S/C24H17N3O4/c28-20(29)13-10-16-8-11-18(12-9-16)21-22(26-19-7-4-14-25-23(19)27-21)24(30)31-15-17-5-2-1-3-6-17/h1-14H,15H2,(H,28,29). The smallest absolute Gasteiger partial charge is 0.359 e. The highest BCUT2D eigenvalue weighted by Crippen LogP contribution is 2.24. The minimum atomic E-state index is -1.03. The van der Waals surface area contributed by atoms with Gasteiger partial charge in [0.2, 0.25) is 0 Å². The SMILES string of the molecule is O=C(O)C=Cc1ccc(-c2nc3ncccc3nc2C(=O)OCc2ccccc2)cc1. The third-order valence-electron chi connectivity index (χ3n) is 4.45. The van der Waals surface area contributed by atoms with E-state index in [-0.39, 0.29) is 12.3 Å². The Morgan fingerprint density at radius 3 is 2.45 bits per heavy atom. The van der Waals surface area contributed by atoms with Gasteiger partial charge >= 0.3 is 11.9 Å². The molecule has 0 fully saturated rings. The molecule has 2 heterocycles. The van der Waals surface area contributed by atoms with Crippen LogP contribution in [0.5, 0.6) is 0 Å². The van der Waals surface area contributed by atoms with Crippen molar-refractivity contribution in [3.8, 4) is 11.3 Å². The molecule has 0 spiro atoms. The largest absolute Gasteiger partial charge is 0.478 e. The Hall–Kier alpha value is -4.39. The van der Waals surface area contributed by atoms with Crippen molar-refractivity contribution in [3.05, 3.63) is 95.8 Å². The molecular formula is C24H17N3O4. The average molecular weight is 411 g/mol. The topological polar surface area (TPSA) is 102 Å². The quantitative estimate of drug-likeness (QED) is 0.376. The molecule has 2 aromatic heterocycles. The Kier molecular flexibility index (Phi) is 5.75. The zero-order chi connectivity index (χ0) is 21.6. The van der Waals surface area contributed by atoms with Crippen molar-refractivity contribution in [2.24, 2.45) is 0 Å². The van der Waals surface area contributed by atoms with E-state index in [0.717, 1.165) is 11.6 Å². The lowest BCUT2D eigenvalue weighted by atomic mass is 10.1. The van der Waals surface area contributed by atoms with E-state index in [1.165, 1.54) is 6.08 Å². The third-order valence-corrected chi connectivity index (χ3v) is 4.45. The first kappa shape index (κ1) is 19.9. The van der Waals surface area contributed by atoms with E-state index in [4.69, 9.17) is 9.84 Å². The maximum absolute atomic E-state index is 12.9. The summed E-state index contributed by atoms with van der Waals surface area (Å²) < 4.78 is 5.48. The van der Waals surface area contributed by atoms with Crippen LogP contribution in [-0.2, 0) is 16.1 Å². The van der Waals surface area contributed by atoms with Gasteiger partial charge in [-0.15, -0.1) is 0 Å². The van der Waals surface area contributed by atoms with Crippen LogP contribution in [0.15, 0.2) is 79.0 Å². The van der Waals surface area contributed by atoms with Crippen molar-refractivity contribution in [1.29, 1.82) is 0 Å². The van der Waals surface area contributed by atoms with Crippen molar-refractivity contribution in [3.63, 3.8) is 0 Å². The first-order valence-electron chi connectivity index (χ1n) is 9.45. The lowest BCUT2D eigenvalue weighted by Crippen LogP contribution is -2.11. The summed E-state index contributed by atoms with van der Waals surface area (Å²) in [6.07, 6.45) is 4.14. The molecule has 0 aliphatic carbocycles. The third kappa shape index (κ3) is 4.79. The van der Waals surface area contributed by atoms with Gasteiger partial charge in [0.05, 0.1) is 0 Å². The first-order valence-corrected chi connectivity index (χ1v) is 9.45. The molecule has 0 bridgehead atoms. The molecule has 0 saturated carbocycles. The summed E-state index contributed by atoms with van der Waals surface area (Å²) in [5.41, 5.74) is 3.53. The predicted molar refractivity (Wildman–Crippen MR) is 115 cm³/mol. The second kappa shape index (κ2) is 8.96. The molecule has 31 heavy (non-hydrogen) atoms. The van der Waals surface area contributed by atoms with Gasteiger partial charge in [-0.3, -0.25) is 0 Å². The molecular weight excluding hydrogens is 394 g/mol. The summed E-state index contributed by atoms with van der Waals surface area (Å²) in [6.45, 7) is 0.116. The highest BCUT2D eigenvalue weighted by Gasteiger charge is 2.20. The van der Waals surface area contributed by atoms with Gasteiger partial charge in [0.25, 0.3) is 0 Å². The summed E-state index contributed by atoms with van der Waals surface area (Å²) in [7, 11) is 0. The molecule has 7 heteroatoms. The lowest BCUT2D eigenvalue weighted by molar-refractivity contribution is -0.131. The normalized spacial score (nSPS) is 11.0. The zero-order valence-corrected chi connectivity index (χ0v) is 16.3. The molecule has 4 aromatic rings. The Bertz CT molecular complexity index is 1270. The number of aliphatic carboxylic acids is 1. The number of ether oxygens (including phenoxy) is 1. The van der Waals surface area contributed by atoms with Crippen LogP contribution in [0.25, 0.3) is 28.5 Å². The van der Waals surface area contributed by atoms with Crippen LogP contribution in [-0.4, -0.2) is 32.0 Å². The number of pyridine rings is 1. The molecule has 2 aromatic carbocycles. The predicted octanol–water partition coefficient (Wildman–Crippen LogP) is 4.15. The number of nitrogens with zero attached hydrogens (tertiary/aromatic N) is 3. The fraction of sp³-hybridized carbons (Fsp3) is 0.0417. The van der Waals surface area contributed by atoms with Crippen LogP contribution >= 0.6 is 0 Å². The van der Waals surface area contributed by atoms with Gasteiger partial charge in [-0.2, -0.15) is 0 Å². The number of aromatic nitrogens is 3. The number of carboxylic acid groups (broad SMARTS) is 1. The fourth-order valence-corrected chi connectivity index (χ4v) is 2.95. The molecule has 0 radical (unpaired) electrons. The van der Waals surface area contributed by atoms with Gasteiger partial charge in [0.1, 0.15) is 17.8 Å². The second-order valence-corrected chi connectivity index (χ2v) is 6.62. The fourth-order valence-electron chi connectivity index (χ4n) is 2.95. The number of hydrogen-bond acceptors (Lipinski definition) is 6. The zero-order valence-electron chi connectivity index (χ0n) is 16.3. The van der Waals surface area contributed by atoms with Crippen LogP contribution in [0, 0.1) is 0 Å². The Morgan fingerprint density at radius 2 is 1.71 bits per heavy atom. The number of hydrogen-bond donors (Lipinski definition) is 1. The van der Waals surface area contributed by atoms with E-state index in [0.29, 0.717) is 28.0 Å². The van der Waals surface area contributed by atoms with Crippen molar-refractivity contribution in [2.45, 2.75) is 6.61 Å². The number of esters is 1. The van der Waals surface area contributed by atoms with Crippen molar-refractivity contribution in [1.82, 2.24) is 15.0 Å². The summed E-state index contributed by atoms with van der Waals surface area (Å²) in [5, 5.41) is 8.77. The highest BCUT2D eigenvalue weighted by molar-refractivity contribution is 5.96. The lowest BCUT2D eigenvalue weighted by Gasteiger charge is -2.10. The summed E-state index contributed by atoms with van der Waals surface area (Å²) in [5.74, 6) is -1.62. The van der Waals surface area contributed by atoms with Crippen LogP contribution in [0.3, 0.4) is 0 Å². The molecule has 1 N–H and O–H groups in total. The molecule has 152 valence electrons. The number of carbonyl (C=O) groups is 2. The maximum Gasteiger partial charge on any atom is 0.359 e. The van der Waals surface area contributed by atoms with E-state index in [2.05, 4.69) is 15.0 Å². The summed E-state index contributed by atoms with van der Waals surface area (Å²) >= 11 is 0. The Morgan fingerprint density at radius 1 is 0.935 bits per heavy atom. The number of rotatable bonds is 6. The van der Waals surface area contributed by atoms with E-state index in [9.17, 15) is 9.59 Å². The van der Waals surface area contributed by atoms with Gasteiger partial charge in [0, 0.05) is 17.8 Å². The summed E-state index contributed by atoms with van der Waals surface area (Å²) in [4.78, 5) is 36.8. The average Bonchev–Trinajstić information content (AvgIpc) is 2.81. The molecule has 0 atom stereocenters. The van der Waals surface area contributed by atoms with E-state index >= 15 is 0 Å². The molecule has 0 unspecified atom stereocenters. The van der Waals surface area contributed by atoms with Gasteiger partial charge in [-0.05, 0) is 29.3 Å². The minimum Gasteiger partial charge on any atom is -0.478 e. The van der Waals surface area contributed by atoms with E-state index in [1.807, 2.05) is 30.3 Å². The van der Waals surface area contributed by atoms with Gasteiger partial charge in [0.15, 0.2) is 11.3 Å². The second-order valence-electron chi connectivity index (χ2n) is 6.62. The van der Waals surface area contributed by atoms with E-state index in [1.54, 1.807) is 42.6 Å². The molecule has 0 saturated heterocycles. The highest BCUT2D eigenvalue weighted by atomic mass is 16.5. The molecule has 0 aliphatic heterocycles. The Balaban J connectivity index is 1.69. The number of fused-ring (bicyclic) bond motifs is 1. The van der Waals surface area contributed by atoms with Crippen LogP contribution in [0.2, 0.25) is 0 Å². The molecule has 0 amide bonds. The Labute approximate surface area is 177 Å². The van der Waals surface area contributed by atoms with Gasteiger partial charge in [-0.25, -0.2) is 24.5 Å². The van der Waals surface area contributed by atoms with Gasteiger partial charge < -0.3 is 9.84 Å². The number of benzene rings is 2. The minimum absolute atomic E-state index is 0.0882. The van der Waals surface area contributed by atoms with Gasteiger partial charge in [-0.1, -0.05) is 54.6 Å². The van der Waals surface area contributed by atoms with Crippen molar-refractivity contribution < 1.29 is 19.4 Å². The van der Waals surface area contributed by atoms with Crippen LogP contribution in [0.1, 0.15) is 21.6 Å². The number of carboxylic acids is 1. The summed E-state index contributed by atoms with van der Waals surface area (Å²) in [6, 6.07) is 19.8. The van der Waals surface area contributed by atoms with Crippen LogP contribution < -0.4 is 0 Å². The molecule has 4 rings (SSSR count). The first-order chi connectivity index (χ1) is 15.1. The molecule has 7 nitrogen and oxygen atoms in total. The van der Waals surface area contributed by atoms with E-state index < -0.39 is 11.9 Å². The number of carbonyl (C=O) groups excluding carboxylic acids is 1. The van der Waals surface area contributed by atoms with Crippen LogP contribution in [0.4, 0.5) is 0 Å².